The number of halogens is 10. The number of piperazine rings is 1. The molecular formula is C21H18ClF9N4O. The zero-order chi connectivity index (χ0) is 27.1. The monoisotopic (exact) mass is 548 g/mol. The summed E-state index contributed by atoms with van der Waals surface area (Å²) in [4.78, 5) is 20.0. The molecule has 1 fully saturated rings. The molecule has 2 amide bonds. The van der Waals surface area contributed by atoms with E-state index < -0.39 is 41.6 Å². The number of alkyl halides is 9. The van der Waals surface area contributed by atoms with Gasteiger partial charge in [-0.25, -0.2) is 9.78 Å². The second-order valence-electron chi connectivity index (χ2n) is 8.05. The summed E-state index contributed by atoms with van der Waals surface area (Å²) < 4.78 is 120. The zero-order valence-corrected chi connectivity index (χ0v) is 19.0. The van der Waals surface area contributed by atoms with E-state index in [1.165, 1.54) is 4.90 Å². The molecule has 0 aliphatic carbocycles. The summed E-state index contributed by atoms with van der Waals surface area (Å²) in [6.45, 7) is 2.49. The molecule has 198 valence electrons. The van der Waals surface area contributed by atoms with Crippen LogP contribution in [0, 0.1) is 0 Å². The number of pyridine rings is 1. The van der Waals surface area contributed by atoms with Crippen LogP contribution < -0.4 is 10.2 Å². The minimum Gasteiger partial charge on any atom is -0.352 e. The Morgan fingerprint density at radius 1 is 0.944 bits per heavy atom. The molecule has 1 saturated heterocycles. The first-order valence-electron chi connectivity index (χ1n) is 10.2. The number of rotatable bonds is 3. The third-order valence-corrected chi connectivity index (χ3v) is 6.07. The number of hydrogen-bond donors (Lipinski definition) is 1. The van der Waals surface area contributed by atoms with E-state index in [1.54, 1.807) is 25.3 Å². The number of hydrogen-bond acceptors (Lipinski definition) is 3. The number of benzene rings is 1. The predicted octanol–water partition coefficient (Wildman–Crippen LogP) is 6.40. The molecular weight excluding hydrogens is 531 g/mol. The molecule has 2 aromatic rings. The first-order chi connectivity index (χ1) is 16.5. The summed E-state index contributed by atoms with van der Waals surface area (Å²) >= 11 is 6.13. The van der Waals surface area contributed by atoms with Crippen molar-refractivity contribution in [3.05, 3.63) is 53.2 Å². The molecule has 1 atom stereocenters. The molecule has 5 nitrogen and oxygen atoms in total. The van der Waals surface area contributed by atoms with Crippen LogP contribution in [0.15, 0.2) is 42.6 Å². The predicted molar refractivity (Wildman–Crippen MR) is 113 cm³/mol. The van der Waals surface area contributed by atoms with Crippen LogP contribution in [-0.2, 0) is 5.41 Å². The second-order valence-corrected chi connectivity index (χ2v) is 8.46. The average Bonchev–Trinajstić information content (AvgIpc) is 2.72. The van der Waals surface area contributed by atoms with Crippen LogP contribution in [0.25, 0.3) is 0 Å². The number of nitrogens with zero attached hydrogens (tertiary/aromatic N) is 3. The number of amides is 2. The van der Waals surface area contributed by atoms with Gasteiger partial charge in [0.05, 0.1) is 5.02 Å². The van der Waals surface area contributed by atoms with Gasteiger partial charge in [-0.05, 0) is 36.8 Å². The van der Waals surface area contributed by atoms with Crippen molar-refractivity contribution < 1.29 is 44.3 Å². The van der Waals surface area contributed by atoms with E-state index >= 15 is 0 Å². The smallest absolute Gasteiger partial charge is 0.352 e. The van der Waals surface area contributed by atoms with Gasteiger partial charge in [0.25, 0.3) is 5.41 Å². The molecule has 0 spiro atoms. The highest BCUT2D eigenvalue weighted by Crippen LogP contribution is 2.60. The molecule has 1 aromatic carbocycles. The lowest BCUT2D eigenvalue weighted by Crippen LogP contribution is -2.63. The van der Waals surface area contributed by atoms with Gasteiger partial charge in [0.1, 0.15) is 5.82 Å². The van der Waals surface area contributed by atoms with Gasteiger partial charge in [-0.3, -0.25) is 0 Å². The first-order valence-corrected chi connectivity index (χ1v) is 10.6. The molecule has 3 rings (SSSR count). The Morgan fingerprint density at radius 2 is 1.50 bits per heavy atom. The molecule has 1 aliphatic rings. The molecule has 1 aliphatic heterocycles. The number of carbonyl (C=O) groups is 1. The summed E-state index contributed by atoms with van der Waals surface area (Å²) in [6.07, 6.45) is -18.6. The van der Waals surface area contributed by atoms with Crippen molar-refractivity contribution in [1.29, 1.82) is 0 Å². The molecule has 1 N–H and O–H groups in total. The van der Waals surface area contributed by atoms with Crippen LogP contribution >= 0.6 is 11.6 Å². The minimum atomic E-state index is -6.72. The van der Waals surface area contributed by atoms with Gasteiger partial charge in [-0.2, -0.15) is 39.5 Å². The van der Waals surface area contributed by atoms with E-state index in [9.17, 15) is 44.3 Å². The fourth-order valence-corrected chi connectivity index (χ4v) is 4.27. The lowest BCUT2D eigenvalue weighted by molar-refractivity contribution is -0.387. The lowest BCUT2D eigenvalue weighted by Gasteiger charge is -2.40. The van der Waals surface area contributed by atoms with E-state index in [2.05, 4.69) is 10.3 Å². The fraction of sp³-hybridized carbons (Fsp3) is 0.429. The molecule has 15 heteroatoms. The van der Waals surface area contributed by atoms with E-state index in [1.807, 2.05) is 4.90 Å². The van der Waals surface area contributed by atoms with E-state index in [-0.39, 0.29) is 24.4 Å². The quantitative estimate of drug-likeness (QED) is 0.452. The Hall–Kier alpha value is -2.90. The summed E-state index contributed by atoms with van der Waals surface area (Å²) in [5.41, 5.74) is -8.44. The number of nitrogens with one attached hydrogen (secondary N) is 1. The van der Waals surface area contributed by atoms with E-state index in [4.69, 9.17) is 11.6 Å². The maximum atomic E-state index is 13.3. The third kappa shape index (κ3) is 4.87. The first kappa shape index (κ1) is 27.7. The maximum Gasteiger partial charge on any atom is 0.416 e. The highest BCUT2D eigenvalue weighted by atomic mass is 35.5. The molecule has 1 unspecified atom stereocenters. The van der Waals surface area contributed by atoms with Gasteiger partial charge < -0.3 is 15.1 Å². The lowest BCUT2D eigenvalue weighted by atomic mass is 9.78. The summed E-state index contributed by atoms with van der Waals surface area (Å²) in [5.74, 6) is 0.504. The van der Waals surface area contributed by atoms with E-state index in [0.29, 0.717) is 36.1 Å². The minimum absolute atomic E-state index is 0.0501. The number of carbonyl (C=O) groups excluding carboxylic acids is 1. The van der Waals surface area contributed by atoms with Crippen LogP contribution in [0.5, 0.6) is 0 Å². The Kier molecular flexibility index (Phi) is 7.32. The largest absolute Gasteiger partial charge is 0.416 e. The fourth-order valence-electron chi connectivity index (χ4n) is 4.03. The topological polar surface area (TPSA) is 48.5 Å². The molecule has 36 heavy (non-hydrogen) atoms. The van der Waals surface area contributed by atoms with Crippen molar-refractivity contribution in [2.75, 3.05) is 29.9 Å². The Bertz CT molecular complexity index is 1050. The summed E-state index contributed by atoms with van der Waals surface area (Å²) in [7, 11) is 0. The molecule has 1 aromatic heterocycles. The van der Waals surface area contributed by atoms with Crippen molar-refractivity contribution in [2.24, 2.45) is 0 Å². The average molecular weight is 549 g/mol. The summed E-state index contributed by atoms with van der Waals surface area (Å²) in [6, 6.07) is 3.34. The van der Waals surface area contributed by atoms with Crippen LogP contribution in [0.4, 0.5) is 55.8 Å². The van der Waals surface area contributed by atoms with Crippen molar-refractivity contribution in [1.82, 2.24) is 9.88 Å². The molecule has 0 bridgehead atoms. The summed E-state index contributed by atoms with van der Waals surface area (Å²) in [5, 5.41) is 2.68. The Labute approximate surface area is 203 Å². The van der Waals surface area contributed by atoms with Gasteiger partial charge in [0.2, 0.25) is 0 Å². The Morgan fingerprint density at radius 3 is 1.97 bits per heavy atom. The third-order valence-electron chi connectivity index (χ3n) is 5.77. The standard InChI is InChI=1S/C21H18ClF9N4O/c1-12-11-34(16-15(22)3-2-8-32-16)9-10-35(12)17(36)33-14-6-4-13(5-7-14)18(19(23,24)25,20(26,27)28)21(29,30)31/h2-8,12H,9-11H2,1H3,(H,33,36). The van der Waals surface area contributed by atoms with Crippen molar-refractivity contribution in [3.8, 4) is 0 Å². The van der Waals surface area contributed by atoms with Gasteiger partial charge in [0.15, 0.2) is 0 Å². The van der Waals surface area contributed by atoms with Crippen molar-refractivity contribution in [2.45, 2.75) is 36.9 Å². The van der Waals surface area contributed by atoms with Gasteiger partial charge in [0, 0.05) is 37.6 Å². The van der Waals surface area contributed by atoms with Gasteiger partial charge in [-0.15, -0.1) is 0 Å². The van der Waals surface area contributed by atoms with Crippen LogP contribution in [0.2, 0.25) is 5.02 Å². The zero-order valence-electron chi connectivity index (χ0n) is 18.3. The van der Waals surface area contributed by atoms with Crippen LogP contribution in [0.3, 0.4) is 0 Å². The number of anilines is 2. The van der Waals surface area contributed by atoms with Gasteiger partial charge >= 0.3 is 24.6 Å². The van der Waals surface area contributed by atoms with Crippen LogP contribution in [0.1, 0.15) is 12.5 Å². The highest BCUT2D eigenvalue weighted by molar-refractivity contribution is 6.32. The van der Waals surface area contributed by atoms with E-state index in [0.717, 1.165) is 0 Å². The highest BCUT2D eigenvalue weighted by Gasteiger charge is 2.84. The normalized spacial score (nSPS) is 17.8. The number of urea groups is 1. The van der Waals surface area contributed by atoms with Gasteiger partial charge in [-0.1, -0.05) is 23.7 Å². The second kappa shape index (κ2) is 9.52. The molecule has 0 radical (unpaired) electrons. The molecule has 0 saturated carbocycles. The number of aromatic nitrogens is 1. The Balaban J connectivity index is 1.79. The molecule has 2 heterocycles. The van der Waals surface area contributed by atoms with Crippen LogP contribution in [-0.4, -0.2) is 60.1 Å². The van der Waals surface area contributed by atoms with Crippen molar-refractivity contribution >= 4 is 29.1 Å². The van der Waals surface area contributed by atoms with Crippen molar-refractivity contribution in [3.63, 3.8) is 0 Å². The SMILES string of the molecule is CC1CN(c2ncccc2Cl)CCN1C(=O)Nc1ccc(C(C(F)(F)F)(C(F)(F)F)C(F)(F)F)cc1. The maximum absolute atomic E-state index is 13.3.